The summed E-state index contributed by atoms with van der Waals surface area (Å²) in [4.78, 5) is 0. The maximum absolute atomic E-state index is 4.70. The van der Waals surface area contributed by atoms with Crippen molar-refractivity contribution in [2.24, 2.45) is 7.05 Å². The van der Waals surface area contributed by atoms with Crippen LogP contribution in [0.2, 0.25) is 0 Å². The summed E-state index contributed by atoms with van der Waals surface area (Å²) in [6, 6.07) is 4.89. The number of rotatable bonds is 8. The van der Waals surface area contributed by atoms with Crippen LogP contribution < -0.4 is 5.32 Å². The lowest BCUT2D eigenvalue weighted by Crippen LogP contribution is -2.25. The second-order valence-corrected chi connectivity index (χ2v) is 5.67. The van der Waals surface area contributed by atoms with Gasteiger partial charge in [-0.1, -0.05) is 13.8 Å². The predicted octanol–water partition coefficient (Wildman–Crippen LogP) is 2.87. The topological polar surface area (TPSA) is 47.7 Å². The van der Waals surface area contributed by atoms with E-state index in [1.54, 1.807) is 0 Å². The van der Waals surface area contributed by atoms with Crippen molar-refractivity contribution in [3.05, 3.63) is 35.9 Å². The molecule has 0 spiro atoms. The summed E-state index contributed by atoms with van der Waals surface area (Å²) in [7, 11) is 1.96. The molecule has 2 aromatic rings. The molecule has 0 aliphatic carbocycles. The van der Waals surface area contributed by atoms with Gasteiger partial charge in [-0.2, -0.15) is 10.2 Å². The molecule has 2 atom stereocenters. The highest BCUT2D eigenvalue weighted by molar-refractivity contribution is 5.11. The Morgan fingerprint density at radius 2 is 2.00 bits per heavy atom. The van der Waals surface area contributed by atoms with Gasteiger partial charge in [-0.3, -0.25) is 9.36 Å². The molecule has 0 saturated carbocycles. The number of nitrogens with one attached hydrogen (secondary N) is 1. The second-order valence-electron chi connectivity index (χ2n) is 5.67. The Balaban J connectivity index is 2.09. The van der Waals surface area contributed by atoms with Gasteiger partial charge in [-0.15, -0.1) is 0 Å². The number of hydrogen-bond acceptors (Lipinski definition) is 3. The first kappa shape index (κ1) is 15.8. The van der Waals surface area contributed by atoms with Crippen molar-refractivity contribution >= 4 is 0 Å². The smallest absolute Gasteiger partial charge is 0.0797 e. The van der Waals surface area contributed by atoms with E-state index < -0.39 is 0 Å². The van der Waals surface area contributed by atoms with Crippen molar-refractivity contribution < 1.29 is 0 Å². The fourth-order valence-electron chi connectivity index (χ4n) is 2.35. The van der Waals surface area contributed by atoms with Crippen LogP contribution in [-0.2, 0) is 13.5 Å². The number of hydrogen-bond donors (Lipinski definition) is 1. The van der Waals surface area contributed by atoms with Gasteiger partial charge in [0.1, 0.15) is 0 Å². The van der Waals surface area contributed by atoms with Crippen molar-refractivity contribution in [1.29, 1.82) is 0 Å². The van der Waals surface area contributed by atoms with Crippen LogP contribution >= 0.6 is 0 Å². The van der Waals surface area contributed by atoms with Gasteiger partial charge < -0.3 is 5.32 Å². The molecule has 0 aromatic carbocycles. The third-order valence-electron chi connectivity index (χ3n) is 3.85. The molecule has 5 nitrogen and oxygen atoms in total. The summed E-state index contributed by atoms with van der Waals surface area (Å²) in [5.41, 5.74) is 2.21. The molecule has 116 valence electrons. The van der Waals surface area contributed by atoms with Gasteiger partial charge >= 0.3 is 0 Å². The number of aromatic nitrogens is 4. The Kier molecular flexibility index (Phi) is 5.56. The van der Waals surface area contributed by atoms with Gasteiger partial charge in [0, 0.05) is 31.9 Å². The molecule has 0 radical (unpaired) electrons. The van der Waals surface area contributed by atoms with Crippen LogP contribution in [0.3, 0.4) is 0 Å². The minimum atomic E-state index is 0.228. The van der Waals surface area contributed by atoms with Crippen molar-refractivity contribution in [2.75, 3.05) is 6.54 Å². The first-order valence-electron chi connectivity index (χ1n) is 7.91. The molecule has 2 rings (SSSR count). The van der Waals surface area contributed by atoms with Crippen LogP contribution in [0.5, 0.6) is 0 Å². The van der Waals surface area contributed by atoms with Crippen LogP contribution in [0.4, 0.5) is 0 Å². The van der Waals surface area contributed by atoms with E-state index in [-0.39, 0.29) is 6.04 Å². The maximum Gasteiger partial charge on any atom is 0.0797 e. The van der Waals surface area contributed by atoms with E-state index in [0.717, 1.165) is 37.2 Å². The fraction of sp³-hybridized carbons (Fsp3) is 0.625. The second kappa shape index (κ2) is 7.41. The lowest BCUT2D eigenvalue weighted by atomic mass is 10.1. The zero-order valence-corrected chi connectivity index (χ0v) is 13.6. The summed E-state index contributed by atoms with van der Waals surface area (Å²) >= 11 is 0. The van der Waals surface area contributed by atoms with E-state index in [0.29, 0.717) is 6.04 Å². The summed E-state index contributed by atoms with van der Waals surface area (Å²) < 4.78 is 3.92. The molecule has 0 aliphatic rings. The van der Waals surface area contributed by atoms with Crippen molar-refractivity contribution in [3.8, 4) is 0 Å². The van der Waals surface area contributed by atoms with Gasteiger partial charge in [0.15, 0.2) is 0 Å². The van der Waals surface area contributed by atoms with Gasteiger partial charge in [-0.05, 0) is 38.4 Å². The van der Waals surface area contributed by atoms with Crippen molar-refractivity contribution in [3.63, 3.8) is 0 Å². The summed E-state index contributed by atoms with van der Waals surface area (Å²) in [6.45, 7) is 7.56. The van der Waals surface area contributed by atoms with E-state index >= 15 is 0 Å². The average Bonchev–Trinajstić information content (AvgIpc) is 3.11. The Hall–Kier alpha value is -1.62. The molecule has 21 heavy (non-hydrogen) atoms. The van der Waals surface area contributed by atoms with Crippen LogP contribution in [0.15, 0.2) is 24.5 Å². The van der Waals surface area contributed by atoms with E-state index in [1.165, 1.54) is 0 Å². The normalized spacial score (nSPS) is 14.3. The third-order valence-corrected chi connectivity index (χ3v) is 3.85. The lowest BCUT2D eigenvalue weighted by molar-refractivity contribution is 0.462. The predicted molar refractivity (Wildman–Crippen MR) is 85.2 cm³/mol. The fourth-order valence-corrected chi connectivity index (χ4v) is 2.35. The molecular formula is C16H27N5. The van der Waals surface area contributed by atoms with Gasteiger partial charge in [-0.25, -0.2) is 0 Å². The standard InChI is InChI=1S/C16H27N5/c1-5-9-17-16(15-8-10-20(4)19-15)12-14-7-11-21(18-14)13(3)6-2/h7-8,10-11,13,16-17H,5-6,9,12H2,1-4H3. The quantitative estimate of drug-likeness (QED) is 0.813. The van der Waals surface area contributed by atoms with Gasteiger partial charge in [0.2, 0.25) is 0 Å². The summed E-state index contributed by atoms with van der Waals surface area (Å²) in [5, 5.41) is 12.8. The van der Waals surface area contributed by atoms with Crippen molar-refractivity contribution in [2.45, 2.75) is 52.1 Å². The summed E-state index contributed by atoms with van der Waals surface area (Å²) in [5.74, 6) is 0. The molecule has 2 aromatic heterocycles. The van der Waals surface area contributed by atoms with E-state index in [4.69, 9.17) is 5.10 Å². The van der Waals surface area contributed by atoms with Crippen LogP contribution in [-0.4, -0.2) is 26.1 Å². The van der Waals surface area contributed by atoms with Crippen LogP contribution in [0, 0.1) is 0 Å². The monoisotopic (exact) mass is 289 g/mol. The zero-order valence-electron chi connectivity index (χ0n) is 13.6. The highest BCUT2D eigenvalue weighted by Crippen LogP contribution is 2.17. The van der Waals surface area contributed by atoms with Crippen molar-refractivity contribution in [1.82, 2.24) is 24.9 Å². The highest BCUT2D eigenvalue weighted by atomic mass is 15.3. The maximum atomic E-state index is 4.70. The van der Waals surface area contributed by atoms with Gasteiger partial charge in [0.05, 0.1) is 17.4 Å². The van der Waals surface area contributed by atoms with Gasteiger partial charge in [0.25, 0.3) is 0 Å². The highest BCUT2D eigenvalue weighted by Gasteiger charge is 2.16. The minimum absolute atomic E-state index is 0.228. The van der Waals surface area contributed by atoms with E-state index in [1.807, 2.05) is 17.9 Å². The Labute approximate surface area is 127 Å². The largest absolute Gasteiger partial charge is 0.308 e. The molecule has 0 amide bonds. The lowest BCUT2D eigenvalue weighted by Gasteiger charge is -2.15. The number of aryl methyl sites for hydroxylation is 1. The van der Waals surface area contributed by atoms with Crippen LogP contribution in [0.25, 0.3) is 0 Å². The minimum Gasteiger partial charge on any atom is -0.308 e. The average molecular weight is 289 g/mol. The molecular weight excluding hydrogens is 262 g/mol. The molecule has 0 fully saturated rings. The third kappa shape index (κ3) is 4.17. The SMILES string of the molecule is CCCNC(Cc1ccn(C(C)CC)n1)c1ccn(C)n1. The summed E-state index contributed by atoms with van der Waals surface area (Å²) in [6.07, 6.45) is 7.16. The number of nitrogens with zero attached hydrogens (tertiary/aromatic N) is 4. The molecule has 0 aliphatic heterocycles. The molecule has 2 unspecified atom stereocenters. The molecule has 1 N–H and O–H groups in total. The molecule has 5 heteroatoms. The van der Waals surface area contributed by atoms with Crippen LogP contribution in [0.1, 0.15) is 57.1 Å². The Morgan fingerprint density at radius 1 is 1.19 bits per heavy atom. The molecule has 0 bridgehead atoms. The molecule has 2 heterocycles. The first-order valence-corrected chi connectivity index (χ1v) is 7.91. The first-order chi connectivity index (χ1) is 10.1. The Morgan fingerprint density at radius 3 is 2.62 bits per heavy atom. The molecule has 0 saturated heterocycles. The zero-order chi connectivity index (χ0) is 15.2. The van der Waals surface area contributed by atoms with E-state index in [9.17, 15) is 0 Å². The van der Waals surface area contributed by atoms with E-state index in [2.05, 4.69) is 54.2 Å². The Bertz CT molecular complexity index is 542.